The summed E-state index contributed by atoms with van der Waals surface area (Å²) in [5.74, 6) is -1.06. The molecule has 2 aromatic rings. The van der Waals surface area contributed by atoms with E-state index < -0.39 is 34.4 Å². The molecule has 1 atom stereocenters. The number of benzene rings is 2. The number of hydrogen-bond donors (Lipinski definition) is 1. The van der Waals surface area contributed by atoms with Crippen LogP contribution in [0.4, 0.5) is 5.69 Å². The average Bonchev–Trinajstić information content (AvgIpc) is 2.78. The van der Waals surface area contributed by atoms with E-state index in [1.165, 1.54) is 28.6 Å². The largest absolute Gasteiger partial charge is 0.497 e. The molecule has 3 rings (SSSR count). The molecule has 8 nitrogen and oxygen atoms in total. The summed E-state index contributed by atoms with van der Waals surface area (Å²) in [6, 6.07) is 12.6. The molecule has 1 fully saturated rings. The molecule has 1 aliphatic heterocycles. The Hall–Kier alpha value is -2.62. The highest BCUT2D eigenvalue weighted by atomic mass is 35.5. The first kappa shape index (κ1) is 23.1. The van der Waals surface area contributed by atoms with Gasteiger partial charge in [-0.2, -0.15) is 4.31 Å². The highest BCUT2D eigenvalue weighted by molar-refractivity contribution is 7.89. The minimum absolute atomic E-state index is 0.00386. The van der Waals surface area contributed by atoms with E-state index in [2.05, 4.69) is 5.32 Å². The number of sulfonamides is 1. The molecular formula is C21H23ClN2O6S. The van der Waals surface area contributed by atoms with Gasteiger partial charge in [0.1, 0.15) is 5.75 Å². The van der Waals surface area contributed by atoms with Gasteiger partial charge in [0.2, 0.25) is 10.0 Å². The maximum atomic E-state index is 12.8. The monoisotopic (exact) mass is 466 g/mol. The highest BCUT2D eigenvalue weighted by Gasteiger charge is 2.34. The molecule has 0 saturated carbocycles. The summed E-state index contributed by atoms with van der Waals surface area (Å²) in [6.07, 6.45) is 1.01. The SMILES string of the molecule is COc1ccc(NC(=O)COC(=O)C2CCCN(S(=O)(=O)c3ccc(Cl)cc3)C2)cc1. The zero-order chi connectivity index (χ0) is 22.4. The van der Waals surface area contributed by atoms with E-state index in [-0.39, 0.29) is 11.4 Å². The van der Waals surface area contributed by atoms with Crippen LogP contribution in [0.1, 0.15) is 12.8 Å². The van der Waals surface area contributed by atoms with Crippen molar-refractivity contribution in [2.45, 2.75) is 17.7 Å². The molecule has 166 valence electrons. The van der Waals surface area contributed by atoms with Crippen LogP contribution in [0.5, 0.6) is 5.75 Å². The standard InChI is InChI=1S/C21H23ClN2O6S/c1-29-18-8-6-17(7-9-18)23-20(25)14-30-21(26)15-3-2-12-24(13-15)31(27,28)19-10-4-16(22)5-11-19/h4-11,15H,2-3,12-14H2,1H3,(H,23,25). The second-order valence-corrected chi connectivity index (χ2v) is 9.41. The number of carbonyl (C=O) groups is 2. The van der Waals surface area contributed by atoms with Crippen LogP contribution in [0.25, 0.3) is 0 Å². The fourth-order valence-electron chi connectivity index (χ4n) is 3.23. The third kappa shape index (κ3) is 5.96. The number of hydrogen-bond acceptors (Lipinski definition) is 6. The summed E-state index contributed by atoms with van der Waals surface area (Å²) in [4.78, 5) is 24.6. The van der Waals surface area contributed by atoms with Gasteiger partial charge < -0.3 is 14.8 Å². The molecule has 0 spiro atoms. The van der Waals surface area contributed by atoms with Crippen LogP contribution >= 0.6 is 11.6 Å². The van der Waals surface area contributed by atoms with Crippen molar-refractivity contribution in [1.82, 2.24) is 4.31 Å². The smallest absolute Gasteiger partial charge is 0.310 e. The Bertz CT molecular complexity index is 1020. The van der Waals surface area contributed by atoms with E-state index >= 15 is 0 Å². The number of halogens is 1. The molecule has 0 radical (unpaired) electrons. The number of nitrogens with zero attached hydrogens (tertiary/aromatic N) is 1. The first-order valence-corrected chi connectivity index (χ1v) is 11.5. The number of anilines is 1. The normalized spacial score (nSPS) is 17.0. The molecule has 31 heavy (non-hydrogen) atoms. The number of ether oxygens (including phenoxy) is 2. The summed E-state index contributed by atoms with van der Waals surface area (Å²) < 4.78 is 37.1. The number of piperidine rings is 1. The van der Waals surface area contributed by atoms with Crippen LogP contribution in [-0.2, 0) is 24.3 Å². The maximum Gasteiger partial charge on any atom is 0.310 e. The Morgan fingerprint density at radius 2 is 1.81 bits per heavy atom. The van der Waals surface area contributed by atoms with E-state index in [0.29, 0.717) is 35.8 Å². The summed E-state index contributed by atoms with van der Waals surface area (Å²) in [7, 11) is -2.20. The molecule has 1 amide bonds. The van der Waals surface area contributed by atoms with Gasteiger partial charge in [-0.05, 0) is 61.4 Å². The Morgan fingerprint density at radius 3 is 2.45 bits per heavy atom. The van der Waals surface area contributed by atoms with E-state index in [1.807, 2.05) is 0 Å². The van der Waals surface area contributed by atoms with Gasteiger partial charge >= 0.3 is 5.97 Å². The number of nitrogens with one attached hydrogen (secondary N) is 1. The molecule has 1 N–H and O–H groups in total. The zero-order valence-electron chi connectivity index (χ0n) is 16.9. The third-order valence-electron chi connectivity index (χ3n) is 4.89. The van der Waals surface area contributed by atoms with Crippen LogP contribution in [0.15, 0.2) is 53.4 Å². The van der Waals surface area contributed by atoms with Crippen molar-refractivity contribution < 1.29 is 27.5 Å². The van der Waals surface area contributed by atoms with Crippen molar-refractivity contribution in [3.05, 3.63) is 53.6 Å². The minimum Gasteiger partial charge on any atom is -0.497 e. The summed E-state index contributed by atoms with van der Waals surface area (Å²) in [5, 5.41) is 3.06. The van der Waals surface area contributed by atoms with Gasteiger partial charge in [0.25, 0.3) is 5.91 Å². The van der Waals surface area contributed by atoms with Gasteiger partial charge in [-0.25, -0.2) is 8.42 Å². The molecular weight excluding hydrogens is 444 g/mol. The lowest BCUT2D eigenvalue weighted by molar-refractivity contribution is -0.152. The fraction of sp³-hybridized carbons (Fsp3) is 0.333. The fourth-order valence-corrected chi connectivity index (χ4v) is 4.88. The predicted octanol–water partition coefficient (Wildman–Crippen LogP) is 2.93. The molecule has 1 aliphatic rings. The Labute approximate surface area is 186 Å². The van der Waals surface area contributed by atoms with Crippen molar-refractivity contribution in [2.24, 2.45) is 5.92 Å². The molecule has 1 heterocycles. The number of rotatable bonds is 7. The lowest BCUT2D eigenvalue weighted by Crippen LogP contribution is -2.43. The van der Waals surface area contributed by atoms with Gasteiger partial charge in [0.15, 0.2) is 6.61 Å². The molecule has 2 aromatic carbocycles. The third-order valence-corrected chi connectivity index (χ3v) is 7.02. The van der Waals surface area contributed by atoms with Gasteiger partial charge in [0, 0.05) is 23.8 Å². The maximum absolute atomic E-state index is 12.8. The lowest BCUT2D eigenvalue weighted by atomic mass is 10.00. The summed E-state index contributed by atoms with van der Waals surface area (Å²) >= 11 is 5.83. The van der Waals surface area contributed by atoms with Crippen LogP contribution in [0.3, 0.4) is 0 Å². The second kappa shape index (κ2) is 10.1. The molecule has 1 unspecified atom stereocenters. The van der Waals surface area contributed by atoms with Crippen LogP contribution in [0, 0.1) is 5.92 Å². The van der Waals surface area contributed by atoms with E-state index in [9.17, 15) is 18.0 Å². The number of carbonyl (C=O) groups excluding carboxylic acids is 2. The first-order chi connectivity index (χ1) is 14.8. The number of methoxy groups -OCH3 is 1. The quantitative estimate of drug-likeness (QED) is 0.629. The van der Waals surface area contributed by atoms with E-state index in [4.69, 9.17) is 21.1 Å². The van der Waals surface area contributed by atoms with Gasteiger partial charge in [-0.1, -0.05) is 11.6 Å². The minimum atomic E-state index is -3.75. The average molecular weight is 467 g/mol. The van der Waals surface area contributed by atoms with Gasteiger partial charge in [-0.3, -0.25) is 9.59 Å². The topological polar surface area (TPSA) is 102 Å². The molecule has 1 saturated heterocycles. The molecule has 10 heteroatoms. The zero-order valence-corrected chi connectivity index (χ0v) is 18.5. The second-order valence-electron chi connectivity index (χ2n) is 7.04. The molecule has 0 aromatic heterocycles. The van der Waals surface area contributed by atoms with Crippen molar-refractivity contribution in [1.29, 1.82) is 0 Å². The van der Waals surface area contributed by atoms with Crippen molar-refractivity contribution in [2.75, 3.05) is 32.1 Å². The van der Waals surface area contributed by atoms with Gasteiger partial charge in [0.05, 0.1) is 17.9 Å². The summed E-state index contributed by atoms with van der Waals surface area (Å²) in [5.41, 5.74) is 0.541. The highest BCUT2D eigenvalue weighted by Crippen LogP contribution is 2.25. The summed E-state index contributed by atoms with van der Waals surface area (Å²) in [6.45, 7) is -0.137. The van der Waals surface area contributed by atoms with E-state index in [0.717, 1.165) is 0 Å². The van der Waals surface area contributed by atoms with Crippen LogP contribution in [0.2, 0.25) is 5.02 Å². The Balaban J connectivity index is 1.54. The Kier molecular flexibility index (Phi) is 7.53. The molecule has 0 aliphatic carbocycles. The number of esters is 1. The van der Waals surface area contributed by atoms with Gasteiger partial charge in [-0.15, -0.1) is 0 Å². The first-order valence-electron chi connectivity index (χ1n) is 9.66. The lowest BCUT2D eigenvalue weighted by Gasteiger charge is -2.30. The van der Waals surface area contributed by atoms with Crippen molar-refractivity contribution >= 4 is 39.2 Å². The van der Waals surface area contributed by atoms with Crippen LogP contribution < -0.4 is 10.1 Å². The molecule has 0 bridgehead atoms. The number of amides is 1. The van der Waals surface area contributed by atoms with E-state index in [1.54, 1.807) is 31.4 Å². The Morgan fingerprint density at radius 1 is 1.13 bits per heavy atom. The van der Waals surface area contributed by atoms with Crippen molar-refractivity contribution in [3.8, 4) is 5.75 Å². The predicted molar refractivity (Wildman–Crippen MR) is 116 cm³/mol. The van der Waals surface area contributed by atoms with Crippen LogP contribution in [-0.4, -0.2) is 51.4 Å². The van der Waals surface area contributed by atoms with Crippen molar-refractivity contribution in [3.63, 3.8) is 0 Å².